The first-order chi connectivity index (χ1) is 21.6. The molecule has 0 radical (unpaired) electrons. The predicted octanol–water partition coefficient (Wildman–Crippen LogP) is 13.0. The van der Waals surface area contributed by atoms with E-state index in [4.69, 9.17) is 4.74 Å². The highest BCUT2D eigenvalue weighted by Crippen LogP contribution is 2.41. The second-order valence-corrected chi connectivity index (χ2v) is 14.6. The van der Waals surface area contributed by atoms with Crippen LogP contribution in [0.15, 0.2) is 48.5 Å². The van der Waals surface area contributed by atoms with Gasteiger partial charge in [-0.05, 0) is 129 Å². The van der Waals surface area contributed by atoms with Crippen molar-refractivity contribution in [1.29, 1.82) is 0 Å². The van der Waals surface area contributed by atoms with Gasteiger partial charge >= 0.3 is 0 Å². The highest BCUT2D eigenvalue weighted by atomic mass is 19.1. The number of rotatable bonds is 15. The molecule has 44 heavy (non-hydrogen) atoms. The number of ether oxygens (including phenoxy) is 1. The van der Waals surface area contributed by atoms with Gasteiger partial charge in [0.2, 0.25) is 0 Å². The zero-order chi connectivity index (χ0) is 30.6. The summed E-state index contributed by atoms with van der Waals surface area (Å²) in [6.45, 7) is 5.44. The minimum atomic E-state index is -0.00348. The lowest BCUT2D eigenvalue weighted by molar-refractivity contribution is 0.0232. The average molecular weight is 601 g/mol. The molecule has 2 heteroatoms. The van der Waals surface area contributed by atoms with Crippen molar-refractivity contribution in [3.8, 4) is 0 Å². The van der Waals surface area contributed by atoms with Gasteiger partial charge in [-0.3, -0.25) is 0 Å². The van der Waals surface area contributed by atoms with Crippen molar-refractivity contribution in [2.24, 2.45) is 5.92 Å². The number of unbranched alkanes of at least 4 members (excludes halogenated alkanes) is 6. The maximum atomic E-state index is 15.5. The Morgan fingerprint density at radius 1 is 0.636 bits per heavy atom. The van der Waals surface area contributed by atoms with Crippen LogP contribution in [0.25, 0.3) is 5.57 Å². The first kappa shape index (κ1) is 33.4. The van der Waals surface area contributed by atoms with E-state index < -0.39 is 0 Å². The van der Waals surface area contributed by atoms with Gasteiger partial charge in [-0.15, -0.1) is 0 Å². The molecule has 2 aromatic carbocycles. The molecule has 0 aromatic heterocycles. The summed E-state index contributed by atoms with van der Waals surface area (Å²) in [5, 5.41) is 0. The molecular formula is C42H61FO. The van der Waals surface area contributed by atoms with E-state index in [1.54, 1.807) is 0 Å². The molecule has 0 spiro atoms. The Hall–Kier alpha value is -1.93. The summed E-state index contributed by atoms with van der Waals surface area (Å²) in [6, 6.07) is 15.7. The Labute approximate surface area is 269 Å². The zero-order valence-electron chi connectivity index (χ0n) is 28.1. The Morgan fingerprint density at radius 2 is 1.25 bits per heavy atom. The van der Waals surface area contributed by atoms with Gasteiger partial charge in [-0.2, -0.15) is 0 Å². The molecule has 1 atom stereocenters. The SMILES string of the molecule is CCCCCCCCC1CCC(c2ccc(C3=CCC(c4ccc(C5CCC(OCCCC)CC5)cc4)CC3)c(F)c2)CC1. The number of benzene rings is 2. The molecule has 3 aliphatic carbocycles. The van der Waals surface area contributed by atoms with Gasteiger partial charge in [0.05, 0.1) is 6.10 Å². The third kappa shape index (κ3) is 9.54. The van der Waals surface area contributed by atoms with Crippen LogP contribution in [0, 0.1) is 11.7 Å². The van der Waals surface area contributed by atoms with Gasteiger partial charge in [0.15, 0.2) is 0 Å². The van der Waals surface area contributed by atoms with Gasteiger partial charge in [0.1, 0.15) is 5.82 Å². The summed E-state index contributed by atoms with van der Waals surface area (Å²) >= 11 is 0. The summed E-state index contributed by atoms with van der Waals surface area (Å²) in [4.78, 5) is 0. The minimum absolute atomic E-state index is 0.00348. The summed E-state index contributed by atoms with van der Waals surface area (Å²) in [5.41, 5.74) is 6.23. The van der Waals surface area contributed by atoms with Crippen molar-refractivity contribution in [2.45, 2.75) is 166 Å². The van der Waals surface area contributed by atoms with Gasteiger partial charge < -0.3 is 4.74 Å². The van der Waals surface area contributed by atoms with Crippen LogP contribution in [-0.2, 0) is 4.74 Å². The van der Waals surface area contributed by atoms with E-state index in [0.29, 0.717) is 23.9 Å². The van der Waals surface area contributed by atoms with Crippen molar-refractivity contribution < 1.29 is 9.13 Å². The van der Waals surface area contributed by atoms with Gasteiger partial charge in [0.25, 0.3) is 0 Å². The van der Waals surface area contributed by atoms with Crippen LogP contribution in [-0.4, -0.2) is 12.7 Å². The molecule has 0 aliphatic heterocycles. The molecule has 0 heterocycles. The summed E-state index contributed by atoms with van der Waals surface area (Å²) < 4.78 is 21.5. The van der Waals surface area contributed by atoms with E-state index >= 15 is 4.39 Å². The van der Waals surface area contributed by atoms with Crippen LogP contribution in [0.4, 0.5) is 4.39 Å². The minimum Gasteiger partial charge on any atom is -0.378 e. The lowest BCUT2D eigenvalue weighted by atomic mass is 9.76. The third-order valence-corrected chi connectivity index (χ3v) is 11.4. The van der Waals surface area contributed by atoms with Crippen LogP contribution in [0.5, 0.6) is 0 Å². The van der Waals surface area contributed by atoms with Crippen molar-refractivity contribution in [2.75, 3.05) is 6.61 Å². The van der Waals surface area contributed by atoms with E-state index in [1.165, 1.54) is 131 Å². The van der Waals surface area contributed by atoms with E-state index in [9.17, 15) is 0 Å². The van der Waals surface area contributed by atoms with Gasteiger partial charge in [-0.1, -0.05) is 108 Å². The first-order valence-electron chi connectivity index (χ1n) is 18.8. The predicted molar refractivity (Wildman–Crippen MR) is 186 cm³/mol. The van der Waals surface area contributed by atoms with Crippen molar-refractivity contribution in [3.05, 3.63) is 76.6 Å². The molecule has 2 saturated carbocycles. The summed E-state index contributed by atoms with van der Waals surface area (Å²) in [5.74, 6) is 2.66. The lowest BCUT2D eigenvalue weighted by Gasteiger charge is -2.29. The van der Waals surface area contributed by atoms with E-state index in [1.807, 2.05) is 6.07 Å². The first-order valence-corrected chi connectivity index (χ1v) is 18.8. The van der Waals surface area contributed by atoms with Crippen molar-refractivity contribution in [1.82, 2.24) is 0 Å². The average Bonchev–Trinajstić information content (AvgIpc) is 3.07. The number of hydrogen-bond donors (Lipinski definition) is 0. The highest BCUT2D eigenvalue weighted by Gasteiger charge is 2.25. The Kier molecular flexibility index (Phi) is 13.4. The van der Waals surface area contributed by atoms with Crippen LogP contribution >= 0.6 is 0 Å². The fourth-order valence-corrected chi connectivity index (χ4v) is 8.42. The number of allylic oxidation sites excluding steroid dienone is 2. The molecule has 2 fully saturated rings. The van der Waals surface area contributed by atoms with E-state index in [0.717, 1.165) is 37.4 Å². The van der Waals surface area contributed by atoms with Gasteiger partial charge in [-0.25, -0.2) is 4.39 Å². The largest absolute Gasteiger partial charge is 0.378 e. The molecule has 5 rings (SSSR count). The maximum absolute atomic E-state index is 15.5. The van der Waals surface area contributed by atoms with Crippen LogP contribution < -0.4 is 0 Å². The normalized spacial score (nSPS) is 26.0. The standard InChI is InChI=1S/C42H61FO/c1-3-5-7-8-9-10-11-32-12-14-37(15-13-32)39-26-29-41(42(43)31-39)38-22-20-35(21-23-38)33-16-18-34(19-17-33)36-24-27-40(28-25-36)44-30-6-4-2/h16-19,22,26,29,31-32,35-37,40H,3-15,20-21,23-25,27-28,30H2,1-2H3. The Balaban J connectivity index is 1.06. The van der Waals surface area contributed by atoms with Gasteiger partial charge in [0, 0.05) is 12.2 Å². The third-order valence-electron chi connectivity index (χ3n) is 11.4. The molecule has 1 nitrogen and oxygen atoms in total. The fourth-order valence-electron chi connectivity index (χ4n) is 8.42. The summed E-state index contributed by atoms with van der Waals surface area (Å²) in [7, 11) is 0. The smallest absolute Gasteiger partial charge is 0.130 e. The molecule has 242 valence electrons. The molecule has 1 unspecified atom stereocenters. The fraction of sp³-hybridized carbons (Fsp3) is 0.667. The molecule has 0 bridgehead atoms. The topological polar surface area (TPSA) is 9.23 Å². The van der Waals surface area contributed by atoms with E-state index in [-0.39, 0.29) is 5.82 Å². The second kappa shape index (κ2) is 17.7. The molecule has 0 saturated heterocycles. The monoisotopic (exact) mass is 600 g/mol. The quantitative estimate of drug-likeness (QED) is 0.185. The number of hydrogen-bond acceptors (Lipinski definition) is 1. The lowest BCUT2D eigenvalue weighted by Crippen LogP contribution is -2.21. The van der Waals surface area contributed by atoms with Crippen molar-refractivity contribution in [3.63, 3.8) is 0 Å². The molecular weight excluding hydrogens is 539 g/mol. The van der Waals surface area contributed by atoms with Crippen molar-refractivity contribution >= 4 is 5.57 Å². The highest BCUT2D eigenvalue weighted by molar-refractivity contribution is 5.67. The molecule has 0 amide bonds. The van der Waals surface area contributed by atoms with Crippen LogP contribution in [0.2, 0.25) is 0 Å². The molecule has 3 aliphatic rings. The number of halogens is 1. The Morgan fingerprint density at radius 3 is 1.91 bits per heavy atom. The zero-order valence-corrected chi connectivity index (χ0v) is 28.1. The van der Waals surface area contributed by atoms with Crippen LogP contribution in [0.1, 0.15) is 182 Å². The molecule has 2 aromatic rings. The summed E-state index contributed by atoms with van der Waals surface area (Å²) in [6.07, 6.45) is 28.0. The molecule has 0 N–H and O–H groups in total. The Bertz CT molecular complexity index is 1130. The maximum Gasteiger partial charge on any atom is 0.130 e. The van der Waals surface area contributed by atoms with Crippen LogP contribution in [0.3, 0.4) is 0 Å². The second-order valence-electron chi connectivity index (χ2n) is 14.6. The van der Waals surface area contributed by atoms with E-state index in [2.05, 4.69) is 56.3 Å².